The van der Waals surface area contributed by atoms with Gasteiger partial charge in [0.25, 0.3) is 0 Å². The van der Waals surface area contributed by atoms with Crippen LogP contribution in [0.3, 0.4) is 0 Å². The molecule has 3 aromatic rings. The molecule has 3 fully saturated rings. The molecule has 0 unspecified atom stereocenters. The molecule has 0 spiro atoms. The van der Waals surface area contributed by atoms with Gasteiger partial charge < -0.3 is 14.4 Å². The molecule has 2 aliphatic carbocycles. The van der Waals surface area contributed by atoms with Crippen molar-refractivity contribution in [1.29, 1.82) is 0 Å². The van der Waals surface area contributed by atoms with Gasteiger partial charge in [0.2, 0.25) is 0 Å². The van der Waals surface area contributed by atoms with E-state index in [0.717, 1.165) is 60.3 Å². The summed E-state index contributed by atoms with van der Waals surface area (Å²) in [7, 11) is 0. The quantitative estimate of drug-likeness (QED) is 0.263. The predicted molar refractivity (Wildman–Crippen MR) is 150 cm³/mol. The molecule has 3 atom stereocenters. The summed E-state index contributed by atoms with van der Waals surface area (Å²) < 4.78 is 26.5. The summed E-state index contributed by atoms with van der Waals surface area (Å²) in [6, 6.07) is 11.1. The Bertz CT molecular complexity index is 1360. The lowest BCUT2D eigenvalue weighted by atomic mass is 10.0. The second-order valence-corrected chi connectivity index (χ2v) is 11.6. The Hall–Kier alpha value is -2.61. The second kappa shape index (κ2) is 11.1. The number of rotatable bonds is 10. The zero-order valence-electron chi connectivity index (χ0n) is 21.9. The smallest absolute Gasteiger partial charge is 0.306 e. The van der Waals surface area contributed by atoms with E-state index in [2.05, 4.69) is 15.1 Å². The van der Waals surface area contributed by atoms with Gasteiger partial charge in [-0.2, -0.15) is 5.10 Å². The number of esters is 1. The predicted octanol–water partition coefficient (Wildman–Crippen LogP) is 7.08. The number of carbonyl (C=O) groups is 1. The first-order valence-electron chi connectivity index (χ1n) is 13.8. The first-order chi connectivity index (χ1) is 18.9. The summed E-state index contributed by atoms with van der Waals surface area (Å²) in [6.07, 6.45) is 4.88. The Labute approximate surface area is 237 Å². The molecule has 1 aliphatic heterocycles. The van der Waals surface area contributed by atoms with Gasteiger partial charge in [-0.15, -0.1) is 0 Å². The van der Waals surface area contributed by atoms with Crippen LogP contribution in [0.4, 0.5) is 10.1 Å². The van der Waals surface area contributed by atoms with Crippen LogP contribution in [0.5, 0.6) is 0 Å². The lowest BCUT2D eigenvalue weighted by molar-refractivity contribution is -0.143. The number of anilines is 1. The minimum Gasteiger partial charge on any atom is -0.466 e. The molecule has 2 aromatic carbocycles. The maximum Gasteiger partial charge on any atom is 0.306 e. The van der Waals surface area contributed by atoms with E-state index in [0.29, 0.717) is 47.2 Å². The number of benzene rings is 2. The number of fused-ring (bicyclic) bond motifs is 2. The summed E-state index contributed by atoms with van der Waals surface area (Å²) in [5.74, 6) is 0.259. The number of aryl methyl sites for hydroxylation is 1. The molecule has 39 heavy (non-hydrogen) atoms. The second-order valence-electron chi connectivity index (χ2n) is 10.8. The molecule has 2 heterocycles. The number of carbonyl (C=O) groups excluding carboxylic acids is 1. The molecular formula is C30H32Cl2FN3O3. The van der Waals surface area contributed by atoms with E-state index in [-0.39, 0.29) is 30.4 Å². The number of halogens is 3. The molecule has 0 amide bonds. The fourth-order valence-electron chi connectivity index (χ4n) is 6.18. The van der Waals surface area contributed by atoms with Crippen LogP contribution in [0.2, 0.25) is 10.0 Å². The van der Waals surface area contributed by atoms with E-state index in [1.165, 1.54) is 0 Å². The van der Waals surface area contributed by atoms with E-state index in [1.807, 2.05) is 30.3 Å². The molecule has 3 aliphatic rings. The first kappa shape index (κ1) is 26.6. The van der Waals surface area contributed by atoms with Crippen LogP contribution in [0, 0.1) is 11.7 Å². The molecule has 1 aromatic heterocycles. The number of ether oxygens (including phenoxy) is 2. The van der Waals surface area contributed by atoms with Crippen molar-refractivity contribution in [2.75, 3.05) is 18.1 Å². The van der Waals surface area contributed by atoms with Gasteiger partial charge in [-0.05, 0) is 68.9 Å². The fraction of sp³-hybridized carbons (Fsp3) is 0.467. The van der Waals surface area contributed by atoms with Gasteiger partial charge in [0.05, 0.1) is 46.4 Å². The van der Waals surface area contributed by atoms with Gasteiger partial charge in [0.1, 0.15) is 5.82 Å². The monoisotopic (exact) mass is 571 g/mol. The maximum atomic E-state index is 15.1. The van der Waals surface area contributed by atoms with Crippen molar-refractivity contribution in [2.24, 2.45) is 5.92 Å². The average molecular weight is 573 g/mol. The van der Waals surface area contributed by atoms with E-state index >= 15 is 4.39 Å². The zero-order chi connectivity index (χ0) is 27.1. The average Bonchev–Trinajstić information content (AvgIpc) is 3.37. The molecule has 0 radical (unpaired) electrons. The first-order valence-corrected chi connectivity index (χ1v) is 14.5. The summed E-state index contributed by atoms with van der Waals surface area (Å²) in [6.45, 7) is 3.29. The number of aromatic nitrogens is 2. The number of nitrogens with zero attached hydrogens (tertiary/aromatic N) is 2. The zero-order valence-corrected chi connectivity index (χ0v) is 23.4. The van der Waals surface area contributed by atoms with Gasteiger partial charge in [0, 0.05) is 42.0 Å². The van der Waals surface area contributed by atoms with Crippen molar-refractivity contribution in [3.8, 4) is 11.1 Å². The molecule has 2 bridgehead atoms. The Morgan fingerprint density at radius 1 is 1.15 bits per heavy atom. The topological polar surface area (TPSA) is 67.4 Å². The summed E-state index contributed by atoms with van der Waals surface area (Å²) in [4.78, 5) is 13.8. The van der Waals surface area contributed by atoms with Gasteiger partial charge in [-0.3, -0.25) is 9.89 Å². The van der Waals surface area contributed by atoms with Gasteiger partial charge in [-0.1, -0.05) is 35.3 Å². The third kappa shape index (κ3) is 5.41. The summed E-state index contributed by atoms with van der Waals surface area (Å²) in [5, 5.41) is 9.06. The number of hydrogen-bond donors (Lipinski definition) is 1. The molecule has 6 nitrogen and oxygen atoms in total. The molecule has 1 saturated heterocycles. The maximum absolute atomic E-state index is 15.1. The third-order valence-corrected chi connectivity index (χ3v) is 8.84. The molecular weight excluding hydrogens is 540 g/mol. The highest BCUT2D eigenvalue weighted by Gasteiger charge is 2.46. The number of hydrogen-bond acceptors (Lipinski definition) is 5. The summed E-state index contributed by atoms with van der Waals surface area (Å²) >= 11 is 13.2. The molecule has 6 rings (SSSR count). The molecule has 206 valence electrons. The van der Waals surface area contributed by atoms with Crippen LogP contribution in [-0.4, -0.2) is 41.5 Å². The number of aromatic amines is 1. The SMILES string of the molecule is CCOC(=O)CCc1ccc(N2C[C@@H]3C[C@H]2C[C@H]3OCc2[nH]nc(C3CC3)c2-c2c(Cl)cccc2Cl)c(F)c1. The van der Waals surface area contributed by atoms with Gasteiger partial charge in [-0.25, -0.2) is 4.39 Å². The highest BCUT2D eigenvalue weighted by Crippen LogP contribution is 2.48. The van der Waals surface area contributed by atoms with Crippen molar-refractivity contribution in [3.63, 3.8) is 0 Å². The number of nitrogens with one attached hydrogen (secondary N) is 1. The Kier molecular flexibility index (Phi) is 7.58. The van der Waals surface area contributed by atoms with Crippen LogP contribution in [0.25, 0.3) is 11.1 Å². The number of piperidine rings is 1. The van der Waals surface area contributed by atoms with Crippen LogP contribution < -0.4 is 4.90 Å². The van der Waals surface area contributed by atoms with E-state index in [4.69, 9.17) is 32.7 Å². The Morgan fingerprint density at radius 2 is 1.95 bits per heavy atom. The molecule has 9 heteroatoms. The highest BCUT2D eigenvalue weighted by atomic mass is 35.5. The fourth-order valence-corrected chi connectivity index (χ4v) is 6.77. The van der Waals surface area contributed by atoms with Gasteiger partial charge in [0.15, 0.2) is 0 Å². The van der Waals surface area contributed by atoms with E-state index in [9.17, 15) is 4.79 Å². The lowest BCUT2D eigenvalue weighted by Gasteiger charge is -2.33. The van der Waals surface area contributed by atoms with E-state index in [1.54, 1.807) is 13.0 Å². The van der Waals surface area contributed by atoms with Crippen molar-refractivity contribution in [3.05, 3.63) is 69.2 Å². The molecule has 2 saturated carbocycles. The molecule has 1 N–H and O–H groups in total. The van der Waals surface area contributed by atoms with Crippen LogP contribution in [0.15, 0.2) is 36.4 Å². The van der Waals surface area contributed by atoms with Crippen LogP contribution in [-0.2, 0) is 27.3 Å². The Morgan fingerprint density at radius 3 is 2.62 bits per heavy atom. The van der Waals surface area contributed by atoms with Crippen molar-refractivity contribution in [2.45, 2.75) is 70.1 Å². The van der Waals surface area contributed by atoms with Crippen LogP contribution in [0.1, 0.15) is 61.9 Å². The largest absolute Gasteiger partial charge is 0.466 e. The lowest BCUT2D eigenvalue weighted by Crippen LogP contribution is -2.39. The van der Waals surface area contributed by atoms with Crippen molar-refractivity contribution >= 4 is 34.9 Å². The van der Waals surface area contributed by atoms with Crippen molar-refractivity contribution < 1.29 is 18.7 Å². The minimum atomic E-state index is -0.258. The normalized spacial score (nSPS) is 22.1. The Balaban J connectivity index is 1.11. The number of H-pyrrole nitrogens is 1. The highest BCUT2D eigenvalue weighted by molar-refractivity contribution is 6.39. The van der Waals surface area contributed by atoms with E-state index < -0.39 is 0 Å². The van der Waals surface area contributed by atoms with Crippen LogP contribution >= 0.6 is 23.2 Å². The minimum absolute atomic E-state index is 0.0976. The third-order valence-electron chi connectivity index (χ3n) is 8.21. The van der Waals surface area contributed by atoms with Gasteiger partial charge >= 0.3 is 5.97 Å². The summed E-state index contributed by atoms with van der Waals surface area (Å²) in [5.41, 5.74) is 5.13. The standard InChI is InChI=1S/C30H32Cl2FN3O3/c1-2-38-27(37)11-7-17-6-10-25(23(33)12-17)36-15-19-13-20(36)14-26(19)39-16-24-29(30(35-34-24)18-8-9-18)28-21(31)4-3-5-22(28)32/h3-6,10,12,18-20,26H,2,7-9,11,13-16H2,1H3,(H,34,35)/t19-,20-,26+/m0/s1. The van der Waals surface area contributed by atoms with Crippen molar-refractivity contribution in [1.82, 2.24) is 10.2 Å².